The molecule has 2 fully saturated rings. The molecule has 0 aliphatic carbocycles. The number of hydrogen-bond donors (Lipinski definition) is 1. The van der Waals surface area contributed by atoms with Gasteiger partial charge in [0.25, 0.3) is 5.91 Å². The summed E-state index contributed by atoms with van der Waals surface area (Å²) in [7, 11) is 1.76. The number of thioether (sulfide) groups is 1. The summed E-state index contributed by atoms with van der Waals surface area (Å²) >= 11 is 1.38. The zero-order chi connectivity index (χ0) is 22.8. The first-order chi connectivity index (χ1) is 16.1. The van der Waals surface area contributed by atoms with Gasteiger partial charge in [0.05, 0.1) is 10.6 Å². The van der Waals surface area contributed by atoms with Crippen molar-refractivity contribution >= 4 is 40.3 Å². The van der Waals surface area contributed by atoms with Crippen molar-refractivity contribution in [1.29, 1.82) is 0 Å². The van der Waals surface area contributed by atoms with E-state index in [1.807, 2.05) is 53.2 Å². The molecule has 6 nitrogen and oxygen atoms in total. The number of piperidine rings is 1. The van der Waals surface area contributed by atoms with Crippen LogP contribution in [0.1, 0.15) is 25.0 Å². The molecule has 3 aromatic rings. The summed E-state index contributed by atoms with van der Waals surface area (Å²) in [5.74, 6) is 0.154. The van der Waals surface area contributed by atoms with Gasteiger partial charge in [-0.2, -0.15) is 0 Å². The van der Waals surface area contributed by atoms with Crippen LogP contribution in [0.2, 0.25) is 0 Å². The van der Waals surface area contributed by atoms with Gasteiger partial charge < -0.3 is 14.6 Å². The number of carbonyl (C=O) groups is 1. The second-order valence-corrected chi connectivity index (χ2v) is 9.26. The van der Waals surface area contributed by atoms with Gasteiger partial charge in [0, 0.05) is 43.4 Å². The molecule has 0 unspecified atom stereocenters. The molecular weight excluding hydrogens is 432 g/mol. The van der Waals surface area contributed by atoms with Crippen LogP contribution in [0, 0.1) is 0 Å². The van der Waals surface area contributed by atoms with Crippen molar-refractivity contribution in [1.82, 2.24) is 9.47 Å². The second kappa shape index (κ2) is 9.19. The van der Waals surface area contributed by atoms with Crippen LogP contribution in [0.15, 0.2) is 76.8 Å². The third-order valence-electron chi connectivity index (χ3n) is 5.99. The molecule has 7 heteroatoms. The van der Waals surface area contributed by atoms with E-state index in [2.05, 4.69) is 17.0 Å². The number of phenols is 1. The van der Waals surface area contributed by atoms with Crippen molar-refractivity contribution in [2.24, 2.45) is 4.99 Å². The molecular formula is C26H26N4O2S. The molecule has 2 aliphatic heterocycles. The molecule has 0 spiro atoms. The Morgan fingerprint density at radius 1 is 0.939 bits per heavy atom. The van der Waals surface area contributed by atoms with Gasteiger partial charge >= 0.3 is 0 Å². The van der Waals surface area contributed by atoms with Crippen LogP contribution in [0.3, 0.4) is 0 Å². The maximum Gasteiger partial charge on any atom is 0.266 e. The topological polar surface area (TPSA) is 61.1 Å². The molecule has 0 atom stereocenters. The average Bonchev–Trinajstić information content (AvgIpc) is 3.41. The lowest BCUT2D eigenvalue weighted by molar-refractivity contribution is -0.121. The molecule has 0 saturated carbocycles. The maximum absolute atomic E-state index is 12.9. The smallest absolute Gasteiger partial charge is 0.266 e. The third kappa shape index (κ3) is 4.54. The van der Waals surface area contributed by atoms with Crippen LogP contribution in [0.5, 0.6) is 5.75 Å². The Labute approximate surface area is 197 Å². The molecule has 3 heterocycles. The molecule has 168 valence electrons. The molecule has 2 aliphatic rings. The minimum absolute atomic E-state index is 0.0675. The Bertz CT molecular complexity index is 1210. The standard InChI is InChI=1S/C26H26N4O2S/c1-28-25(32)24(18-22-6-5-17-30(22)21-11-13-23(31)14-12-21)33-26(28)27-19-7-9-20(10-8-19)29-15-3-2-4-16-29/h5-14,17-18,31H,2-4,15-16H2,1H3/b24-18-,27-26?. The highest BCUT2D eigenvalue weighted by Crippen LogP contribution is 2.34. The van der Waals surface area contributed by atoms with Crippen LogP contribution < -0.4 is 4.90 Å². The number of likely N-dealkylation sites (N-methyl/N-ethyl adjacent to an activating group) is 1. The fourth-order valence-electron chi connectivity index (χ4n) is 4.15. The van der Waals surface area contributed by atoms with E-state index in [0.717, 1.165) is 30.2 Å². The quantitative estimate of drug-likeness (QED) is 0.531. The highest BCUT2D eigenvalue weighted by Gasteiger charge is 2.30. The Morgan fingerprint density at radius 3 is 2.36 bits per heavy atom. The number of nitrogens with zero attached hydrogens (tertiary/aromatic N) is 4. The number of amides is 1. The number of aromatic nitrogens is 1. The fraction of sp³-hybridized carbons (Fsp3) is 0.231. The Morgan fingerprint density at radius 2 is 1.64 bits per heavy atom. The minimum Gasteiger partial charge on any atom is -0.508 e. The van der Waals surface area contributed by atoms with Crippen molar-refractivity contribution in [3.63, 3.8) is 0 Å². The number of amidine groups is 1. The molecule has 2 aromatic carbocycles. The number of hydrogen-bond acceptors (Lipinski definition) is 5. The van der Waals surface area contributed by atoms with Gasteiger partial charge in [0.2, 0.25) is 0 Å². The molecule has 0 bridgehead atoms. The highest BCUT2D eigenvalue weighted by atomic mass is 32.2. The molecule has 5 rings (SSSR count). The third-order valence-corrected chi connectivity index (χ3v) is 7.05. The molecule has 2 saturated heterocycles. The summed E-state index contributed by atoms with van der Waals surface area (Å²) in [6.45, 7) is 2.22. The number of rotatable bonds is 4. The van der Waals surface area contributed by atoms with E-state index in [1.165, 1.54) is 36.7 Å². The molecule has 33 heavy (non-hydrogen) atoms. The van der Waals surface area contributed by atoms with Crippen LogP contribution >= 0.6 is 11.8 Å². The first-order valence-corrected chi connectivity index (χ1v) is 12.0. The highest BCUT2D eigenvalue weighted by molar-refractivity contribution is 8.18. The van der Waals surface area contributed by atoms with Gasteiger partial charge in [-0.1, -0.05) is 0 Å². The summed E-state index contributed by atoms with van der Waals surface area (Å²) < 4.78 is 1.98. The normalized spacial score (nSPS) is 19.1. The number of carbonyl (C=O) groups excluding carboxylic acids is 1. The predicted octanol–water partition coefficient (Wildman–Crippen LogP) is 5.41. The van der Waals surface area contributed by atoms with Gasteiger partial charge in [0.1, 0.15) is 5.75 Å². The Balaban J connectivity index is 1.36. The van der Waals surface area contributed by atoms with Gasteiger partial charge in [-0.05, 0) is 97.8 Å². The predicted molar refractivity (Wildman–Crippen MR) is 135 cm³/mol. The second-order valence-electron chi connectivity index (χ2n) is 8.25. The Kier molecular flexibility index (Phi) is 5.96. The van der Waals surface area contributed by atoms with Crippen molar-refractivity contribution in [2.75, 3.05) is 25.0 Å². The summed E-state index contributed by atoms with van der Waals surface area (Å²) in [6.07, 6.45) is 7.64. The first kappa shape index (κ1) is 21.4. The first-order valence-electron chi connectivity index (χ1n) is 11.2. The van der Waals surface area contributed by atoms with Crippen molar-refractivity contribution in [2.45, 2.75) is 19.3 Å². The fourth-order valence-corrected chi connectivity index (χ4v) is 5.12. The lowest BCUT2D eigenvalue weighted by Gasteiger charge is -2.28. The number of anilines is 1. The van der Waals surface area contributed by atoms with Gasteiger partial charge in [0.15, 0.2) is 5.17 Å². The summed E-state index contributed by atoms with van der Waals surface area (Å²) in [4.78, 5) is 22.3. The Hall–Kier alpha value is -3.45. The van der Waals surface area contributed by atoms with Crippen molar-refractivity contribution < 1.29 is 9.90 Å². The van der Waals surface area contributed by atoms with Crippen LogP contribution in [-0.4, -0.2) is 45.8 Å². The number of aliphatic imine (C=N–C) groups is 1. The van der Waals surface area contributed by atoms with E-state index in [9.17, 15) is 9.90 Å². The van der Waals surface area contributed by atoms with Crippen LogP contribution in [0.4, 0.5) is 11.4 Å². The number of phenolic OH excluding ortho intramolecular Hbond substituents is 1. The van der Waals surface area contributed by atoms with E-state index in [-0.39, 0.29) is 11.7 Å². The summed E-state index contributed by atoms with van der Waals surface area (Å²) in [5.41, 5.74) is 3.87. The van der Waals surface area contributed by atoms with Crippen LogP contribution in [-0.2, 0) is 4.79 Å². The maximum atomic E-state index is 12.9. The molecule has 1 amide bonds. The monoisotopic (exact) mass is 458 g/mol. The van der Waals surface area contributed by atoms with E-state index in [0.29, 0.717) is 10.1 Å². The van der Waals surface area contributed by atoms with E-state index >= 15 is 0 Å². The van der Waals surface area contributed by atoms with Crippen molar-refractivity contribution in [3.8, 4) is 11.4 Å². The SMILES string of the molecule is CN1C(=O)/C(=C/c2cccn2-c2ccc(O)cc2)SC1=Nc1ccc(N2CCCCC2)cc1. The lowest BCUT2D eigenvalue weighted by atomic mass is 10.1. The minimum atomic E-state index is -0.0675. The summed E-state index contributed by atoms with van der Waals surface area (Å²) in [5, 5.41) is 10.2. The van der Waals surface area contributed by atoms with Crippen molar-refractivity contribution in [3.05, 3.63) is 77.5 Å². The largest absolute Gasteiger partial charge is 0.508 e. The lowest BCUT2D eigenvalue weighted by Crippen LogP contribution is -2.29. The van der Waals surface area contributed by atoms with E-state index in [1.54, 1.807) is 24.1 Å². The van der Waals surface area contributed by atoms with E-state index in [4.69, 9.17) is 4.99 Å². The number of aromatic hydroxyl groups is 1. The zero-order valence-corrected chi connectivity index (χ0v) is 19.3. The molecule has 0 radical (unpaired) electrons. The van der Waals surface area contributed by atoms with Gasteiger partial charge in [-0.15, -0.1) is 0 Å². The van der Waals surface area contributed by atoms with Gasteiger partial charge in [-0.25, -0.2) is 4.99 Å². The molecule has 1 aromatic heterocycles. The summed E-state index contributed by atoms with van der Waals surface area (Å²) in [6, 6.07) is 19.2. The molecule has 1 N–H and O–H groups in total. The van der Waals surface area contributed by atoms with E-state index < -0.39 is 0 Å². The van der Waals surface area contributed by atoms with Crippen LogP contribution in [0.25, 0.3) is 11.8 Å². The zero-order valence-electron chi connectivity index (χ0n) is 18.5. The van der Waals surface area contributed by atoms with Gasteiger partial charge in [-0.3, -0.25) is 9.69 Å². The average molecular weight is 459 g/mol. The number of benzene rings is 2.